The van der Waals surface area contributed by atoms with Crippen LogP contribution in [0, 0.1) is 11.8 Å². The smallest absolute Gasteiger partial charge is 0.227 e. The lowest BCUT2D eigenvalue weighted by atomic mass is 9.81. The normalized spacial score (nSPS) is 30.1. The second kappa shape index (κ2) is 4.30. The minimum atomic E-state index is 0.279. The number of likely N-dealkylation sites (tertiary alicyclic amines) is 1. The van der Waals surface area contributed by atoms with Crippen LogP contribution in [0.15, 0.2) is 23.4 Å². The molecule has 1 atom stereocenters. The second-order valence-electron chi connectivity index (χ2n) is 5.42. The first-order valence-corrected chi connectivity index (χ1v) is 6.63. The summed E-state index contributed by atoms with van der Waals surface area (Å²) in [7, 11) is 1.90. The van der Waals surface area contributed by atoms with E-state index in [-0.39, 0.29) is 5.91 Å². The van der Waals surface area contributed by atoms with Gasteiger partial charge in [0.25, 0.3) is 0 Å². The first-order chi connectivity index (χ1) is 8.25. The molecule has 2 aliphatic heterocycles. The minimum absolute atomic E-state index is 0.279. The molecule has 92 valence electrons. The molecule has 3 heteroatoms. The molecule has 1 N–H and O–H groups in total. The fourth-order valence-corrected chi connectivity index (χ4v) is 3.34. The van der Waals surface area contributed by atoms with E-state index in [1.54, 1.807) is 5.57 Å². The van der Waals surface area contributed by atoms with Crippen LogP contribution in [0.4, 0.5) is 0 Å². The van der Waals surface area contributed by atoms with Crippen LogP contribution in [-0.2, 0) is 4.79 Å². The molecule has 0 spiro atoms. The van der Waals surface area contributed by atoms with Crippen molar-refractivity contribution < 1.29 is 4.79 Å². The first kappa shape index (κ1) is 11.0. The number of hydrogen-bond acceptors (Lipinski definition) is 2. The van der Waals surface area contributed by atoms with Crippen molar-refractivity contribution in [3.8, 4) is 0 Å². The Morgan fingerprint density at radius 2 is 1.94 bits per heavy atom. The summed E-state index contributed by atoms with van der Waals surface area (Å²) in [4.78, 5) is 13.5. The summed E-state index contributed by atoms with van der Waals surface area (Å²) in [6.07, 6.45) is 8.78. The van der Waals surface area contributed by atoms with E-state index in [1.807, 2.05) is 11.9 Å². The summed E-state index contributed by atoms with van der Waals surface area (Å²) >= 11 is 0. The third-order valence-electron chi connectivity index (χ3n) is 4.41. The molecule has 2 heterocycles. The predicted molar refractivity (Wildman–Crippen MR) is 67.3 cm³/mol. The third kappa shape index (κ3) is 1.93. The Hall–Kier alpha value is -1.09. The monoisotopic (exact) mass is 232 g/mol. The van der Waals surface area contributed by atoms with E-state index in [4.69, 9.17) is 0 Å². The van der Waals surface area contributed by atoms with E-state index < -0.39 is 0 Å². The molecule has 0 aromatic carbocycles. The summed E-state index contributed by atoms with van der Waals surface area (Å²) in [5, 5.41) is 3.41. The van der Waals surface area contributed by atoms with Gasteiger partial charge in [-0.25, -0.2) is 0 Å². The van der Waals surface area contributed by atoms with Crippen LogP contribution in [0.25, 0.3) is 0 Å². The molecule has 3 rings (SSSR count). The Morgan fingerprint density at radius 3 is 2.71 bits per heavy atom. The van der Waals surface area contributed by atoms with Crippen LogP contribution in [0.2, 0.25) is 0 Å². The molecule has 17 heavy (non-hydrogen) atoms. The van der Waals surface area contributed by atoms with Gasteiger partial charge in [0.05, 0.1) is 0 Å². The Bertz CT molecular complexity index is 391. The van der Waals surface area contributed by atoms with Crippen molar-refractivity contribution in [1.29, 1.82) is 0 Å². The summed E-state index contributed by atoms with van der Waals surface area (Å²) < 4.78 is 0. The zero-order valence-corrected chi connectivity index (χ0v) is 10.4. The van der Waals surface area contributed by atoms with Crippen molar-refractivity contribution in [3.05, 3.63) is 23.4 Å². The lowest BCUT2D eigenvalue weighted by molar-refractivity contribution is -0.125. The Balaban J connectivity index is 1.76. The maximum absolute atomic E-state index is 11.7. The molecule has 1 amide bonds. The molecule has 0 aromatic rings. The molecular formula is C14H20N2O. The van der Waals surface area contributed by atoms with Gasteiger partial charge in [-0.1, -0.05) is 11.6 Å². The summed E-state index contributed by atoms with van der Waals surface area (Å²) in [5.41, 5.74) is 2.80. The standard InChI is InChI=1S/C14H20N2O/c1-16-13-3-2-11(8-12(13)9-14(16)17)10-4-6-15-7-5-10/h2-3,10,12,15H,4-9H2,1H3. The SMILES string of the molecule is CN1C(=O)CC2CC(C3CCNCC3)=CC=C21. The molecular weight excluding hydrogens is 212 g/mol. The highest BCUT2D eigenvalue weighted by Gasteiger charge is 2.35. The number of piperidine rings is 1. The lowest BCUT2D eigenvalue weighted by Crippen LogP contribution is -2.29. The van der Waals surface area contributed by atoms with E-state index in [0.29, 0.717) is 12.3 Å². The minimum Gasteiger partial charge on any atom is -0.319 e. The topological polar surface area (TPSA) is 32.3 Å². The van der Waals surface area contributed by atoms with Crippen molar-refractivity contribution in [2.75, 3.05) is 20.1 Å². The molecule has 3 aliphatic rings. The quantitative estimate of drug-likeness (QED) is 0.746. The number of carbonyl (C=O) groups excluding carboxylic acids is 1. The number of nitrogens with one attached hydrogen (secondary N) is 1. The van der Waals surface area contributed by atoms with Crippen LogP contribution in [0.3, 0.4) is 0 Å². The van der Waals surface area contributed by atoms with Gasteiger partial charge in [-0.2, -0.15) is 0 Å². The molecule has 0 aromatic heterocycles. The summed E-state index contributed by atoms with van der Waals surface area (Å²) in [6, 6.07) is 0. The Kier molecular flexibility index (Phi) is 2.79. The van der Waals surface area contributed by atoms with Crippen LogP contribution < -0.4 is 5.32 Å². The fourth-order valence-electron chi connectivity index (χ4n) is 3.34. The second-order valence-corrected chi connectivity index (χ2v) is 5.42. The van der Waals surface area contributed by atoms with E-state index in [0.717, 1.165) is 25.4 Å². The highest BCUT2D eigenvalue weighted by molar-refractivity contribution is 5.82. The fraction of sp³-hybridized carbons (Fsp3) is 0.643. The van der Waals surface area contributed by atoms with Gasteiger partial charge >= 0.3 is 0 Å². The van der Waals surface area contributed by atoms with E-state index in [1.165, 1.54) is 18.5 Å². The summed E-state index contributed by atoms with van der Waals surface area (Å²) in [5.74, 6) is 1.48. The van der Waals surface area contributed by atoms with Gasteiger partial charge < -0.3 is 10.2 Å². The van der Waals surface area contributed by atoms with Gasteiger partial charge in [0, 0.05) is 25.1 Å². The molecule has 2 saturated heterocycles. The van der Waals surface area contributed by atoms with Gasteiger partial charge in [0.1, 0.15) is 0 Å². The van der Waals surface area contributed by atoms with E-state index in [9.17, 15) is 4.79 Å². The highest BCUT2D eigenvalue weighted by Crippen LogP contribution is 2.39. The van der Waals surface area contributed by atoms with Crippen molar-refractivity contribution in [2.24, 2.45) is 11.8 Å². The number of allylic oxidation sites excluding steroid dienone is 4. The largest absolute Gasteiger partial charge is 0.319 e. The zero-order valence-electron chi connectivity index (χ0n) is 10.4. The zero-order chi connectivity index (χ0) is 11.8. The van der Waals surface area contributed by atoms with Crippen molar-refractivity contribution in [3.63, 3.8) is 0 Å². The van der Waals surface area contributed by atoms with E-state index >= 15 is 0 Å². The number of amides is 1. The molecule has 1 unspecified atom stereocenters. The molecule has 0 saturated carbocycles. The van der Waals surface area contributed by atoms with Gasteiger partial charge in [-0.3, -0.25) is 4.79 Å². The molecule has 2 fully saturated rings. The first-order valence-electron chi connectivity index (χ1n) is 6.63. The van der Waals surface area contributed by atoms with Crippen LogP contribution >= 0.6 is 0 Å². The number of nitrogens with zero attached hydrogens (tertiary/aromatic N) is 1. The number of hydrogen-bond donors (Lipinski definition) is 1. The molecule has 0 radical (unpaired) electrons. The highest BCUT2D eigenvalue weighted by atomic mass is 16.2. The number of carbonyl (C=O) groups is 1. The lowest BCUT2D eigenvalue weighted by Gasteiger charge is -2.29. The van der Waals surface area contributed by atoms with Crippen LogP contribution in [-0.4, -0.2) is 30.9 Å². The summed E-state index contributed by atoms with van der Waals surface area (Å²) in [6.45, 7) is 2.28. The van der Waals surface area contributed by atoms with Crippen LogP contribution in [0.1, 0.15) is 25.7 Å². The Labute approximate surface area is 103 Å². The number of fused-ring (bicyclic) bond motifs is 1. The predicted octanol–water partition coefficient (Wildman–Crippen LogP) is 1.68. The van der Waals surface area contributed by atoms with Gasteiger partial charge in [-0.15, -0.1) is 0 Å². The van der Waals surface area contributed by atoms with Crippen molar-refractivity contribution in [2.45, 2.75) is 25.7 Å². The van der Waals surface area contributed by atoms with Gasteiger partial charge in [-0.05, 0) is 44.3 Å². The van der Waals surface area contributed by atoms with Gasteiger partial charge in [0.15, 0.2) is 0 Å². The van der Waals surface area contributed by atoms with Crippen molar-refractivity contribution in [1.82, 2.24) is 10.2 Å². The van der Waals surface area contributed by atoms with Crippen LogP contribution in [0.5, 0.6) is 0 Å². The average molecular weight is 232 g/mol. The van der Waals surface area contributed by atoms with Gasteiger partial charge in [0.2, 0.25) is 5.91 Å². The number of rotatable bonds is 1. The molecule has 1 aliphatic carbocycles. The van der Waals surface area contributed by atoms with E-state index in [2.05, 4.69) is 17.5 Å². The maximum Gasteiger partial charge on any atom is 0.227 e. The van der Waals surface area contributed by atoms with Crippen molar-refractivity contribution >= 4 is 5.91 Å². The third-order valence-corrected chi connectivity index (χ3v) is 4.41. The molecule has 3 nitrogen and oxygen atoms in total. The maximum atomic E-state index is 11.7. The average Bonchev–Trinajstić information content (AvgIpc) is 2.66. The Morgan fingerprint density at radius 1 is 1.18 bits per heavy atom. The molecule has 0 bridgehead atoms.